The molecule has 5 rings (SSSR count). The summed E-state index contributed by atoms with van der Waals surface area (Å²) in [7, 11) is 0. The maximum atomic E-state index is 13.5. The minimum absolute atomic E-state index is 0.00700. The summed E-state index contributed by atoms with van der Waals surface area (Å²) in [6.07, 6.45) is 2.83. The van der Waals surface area contributed by atoms with Gasteiger partial charge in [0.25, 0.3) is 0 Å². The number of hydrogen-bond donors (Lipinski definition) is 1. The van der Waals surface area contributed by atoms with E-state index in [9.17, 15) is 14.4 Å². The van der Waals surface area contributed by atoms with Crippen LogP contribution >= 0.6 is 0 Å². The summed E-state index contributed by atoms with van der Waals surface area (Å²) in [4.78, 5) is 41.8. The lowest BCUT2D eigenvalue weighted by Crippen LogP contribution is -2.39. The van der Waals surface area contributed by atoms with Crippen LogP contribution in [0.2, 0.25) is 0 Å². The fourth-order valence-corrected chi connectivity index (χ4v) is 5.10. The van der Waals surface area contributed by atoms with Gasteiger partial charge in [0.15, 0.2) is 11.6 Å². The molecule has 2 heterocycles. The van der Waals surface area contributed by atoms with E-state index in [0.29, 0.717) is 46.7 Å². The molecule has 1 aliphatic carbocycles. The molecule has 6 nitrogen and oxygen atoms in total. The Morgan fingerprint density at radius 1 is 1.03 bits per heavy atom. The van der Waals surface area contributed by atoms with Crippen LogP contribution in [0.1, 0.15) is 67.8 Å². The first-order valence-corrected chi connectivity index (χ1v) is 11.9. The first kappa shape index (κ1) is 22.8. The van der Waals surface area contributed by atoms with E-state index in [-0.39, 0.29) is 29.3 Å². The van der Waals surface area contributed by atoms with Gasteiger partial charge in [-0.1, -0.05) is 51.1 Å². The van der Waals surface area contributed by atoms with Crippen molar-refractivity contribution in [3.8, 4) is 0 Å². The molecule has 0 saturated carbocycles. The summed E-state index contributed by atoms with van der Waals surface area (Å²) in [5.41, 5.74) is 3.41. The predicted octanol–water partition coefficient (Wildman–Crippen LogP) is 6.06. The molecule has 178 valence electrons. The van der Waals surface area contributed by atoms with Crippen LogP contribution in [0.3, 0.4) is 0 Å². The number of ketones is 2. The minimum atomic E-state index is -0.680. The Labute approximate surface area is 204 Å². The number of rotatable bonds is 4. The van der Waals surface area contributed by atoms with Gasteiger partial charge in [0.2, 0.25) is 5.91 Å². The van der Waals surface area contributed by atoms with Gasteiger partial charge in [-0.25, -0.2) is 0 Å². The number of anilines is 2. The van der Waals surface area contributed by atoms with Crippen molar-refractivity contribution < 1.29 is 18.8 Å². The van der Waals surface area contributed by atoms with E-state index in [0.717, 1.165) is 5.70 Å². The summed E-state index contributed by atoms with van der Waals surface area (Å²) in [5, 5.41) is 3.47. The third-order valence-corrected chi connectivity index (χ3v) is 6.68. The summed E-state index contributed by atoms with van der Waals surface area (Å²) in [6.45, 7) is 5.93. The molecule has 0 spiro atoms. The Balaban J connectivity index is 1.72. The third-order valence-electron chi connectivity index (χ3n) is 6.68. The molecule has 1 amide bonds. The van der Waals surface area contributed by atoms with Crippen LogP contribution in [-0.4, -0.2) is 17.5 Å². The molecule has 1 N–H and O–H groups in total. The van der Waals surface area contributed by atoms with E-state index in [2.05, 4.69) is 19.2 Å². The maximum Gasteiger partial charge on any atom is 0.227 e. The monoisotopic (exact) mass is 468 g/mol. The zero-order chi connectivity index (χ0) is 24.7. The van der Waals surface area contributed by atoms with Gasteiger partial charge < -0.3 is 9.73 Å². The number of furan rings is 1. The van der Waals surface area contributed by atoms with Crippen LogP contribution in [0, 0.1) is 5.41 Å². The van der Waals surface area contributed by atoms with Gasteiger partial charge in [0, 0.05) is 35.2 Å². The van der Waals surface area contributed by atoms with Crippen LogP contribution < -0.4 is 10.2 Å². The summed E-state index contributed by atoms with van der Waals surface area (Å²) < 4.78 is 5.78. The summed E-state index contributed by atoms with van der Waals surface area (Å²) in [6, 6.07) is 17.3. The number of carbonyl (C=O) groups excluding carboxylic acids is 3. The van der Waals surface area contributed by atoms with Gasteiger partial charge in [-0.05, 0) is 42.2 Å². The van der Waals surface area contributed by atoms with Crippen molar-refractivity contribution in [2.75, 3.05) is 10.2 Å². The van der Waals surface area contributed by atoms with E-state index < -0.39 is 6.04 Å². The van der Waals surface area contributed by atoms with Gasteiger partial charge >= 0.3 is 0 Å². The Morgan fingerprint density at radius 2 is 1.80 bits per heavy atom. The van der Waals surface area contributed by atoms with Crippen LogP contribution in [-0.2, 0) is 9.59 Å². The average Bonchev–Trinajstić information content (AvgIpc) is 3.32. The molecule has 0 fully saturated rings. The predicted molar refractivity (Wildman–Crippen MR) is 134 cm³/mol. The Bertz CT molecular complexity index is 1340. The topological polar surface area (TPSA) is 79.6 Å². The van der Waals surface area contributed by atoms with Gasteiger partial charge in [-0.15, -0.1) is 0 Å². The van der Waals surface area contributed by atoms with Crippen molar-refractivity contribution in [3.63, 3.8) is 0 Å². The van der Waals surface area contributed by atoms with Gasteiger partial charge in [-0.2, -0.15) is 0 Å². The quantitative estimate of drug-likeness (QED) is 0.471. The summed E-state index contributed by atoms with van der Waals surface area (Å²) in [5.74, 6) is 0.284. The second-order valence-electron chi connectivity index (χ2n) is 9.92. The number of benzene rings is 2. The van der Waals surface area contributed by atoms with E-state index in [1.54, 1.807) is 60.6 Å². The number of nitrogens with zero attached hydrogens (tertiary/aromatic N) is 1. The number of carbonyl (C=O) groups is 3. The maximum absolute atomic E-state index is 13.5. The normalized spacial score (nSPS) is 18.9. The molecule has 2 aliphatic rings. The van der Waals surface area contributed by atoms with E-state index in [1.807, 2.05) is 18.2 Å². The molecule has 1 aromatic heterocycles. The molecule has 2 aromatic carbocycles. The van der Waals surface area contributed by atoms with Crippen molar-refractivity contribution in [1.29, 1.82) is 0 Å². The Morgan fingerprint density at radius 3 is 2.49 bits per heavy atom. The highest BCUT2D eigenvalue weighted by Gasteiger charge is 2.44. The van der Waals surface area contributed by atoms with Crippen LogP contribution in [0.25, 0.3) is 0 Å². The van der Waals surface area contributed by atoms with E-state index in [1.165, 1.54) is 0 Å². The van der Waals surface area contributed by atoms with Crippen molar-refractivity contribution in [2.45, 2.75) is 46.1 Å². The molecular weight excluding hydrogens is 440 g/mol. The van der Waals surface area contributed by atoms with Crippen LogP contribution in [0.15, 0.2) is 82.6 Å². The van der Waals surface area contributed by atoms with Gasteiger partial charge in [0.1, 0.15) is 11.8 Å². The molecule has 3 aromatic rings. The first-order valence-electron chi connectivity index (χ1n) is 11.9. The smallest absolute Gasteiger partial charge is 0.227 e. The second kappa shape index (κ2) is 8.69. The van der Waals surface area contributed by atoms with Crippen molar-refractivity contribution in [3.05, 3.63) is 95.1 Å². The Hall–Kier alpha value is -3.93. The zero-order valence-electron chi connectivity index (χ0n) is 20.1. The number of hydrogen-bond acceptors (Lipinski definition) is 5. The number of nitrogens with one attached hydrogen (secondary N) is 1. The molecule has 6 heteroatoms. The molecule has 35 heavy (non-hydrogen) atoms. The first-order chi connectivity index (χ1) is 16.8. The highest BCUT2D eigenvalue weighted by molar-refractivity contribution is 6.11. The minimum Gasteiger partial charge on any atom is -0.467 e. The number of amides is 1. The standard InChI is InChI=1S/C29H28N2O4/c1-4-25(33)31-22-13-12-19(28(34)18-9-6-5-7-10-18)15-20(22)30-21-16-29(2,3)17-23(32)26(21)27(31)24-11-8-14-35-24/h5-15,27,30H,4,16-17H2,1-3H3. The zero-order valence-corrected chi connectivity index (χ0v) is 20.1. The fourth-order valence-electron chi connectivity index (χ4n) is 5.10. The van der Waals surface area contributed by atoms with Crippen LogP contribution in [0.5, 0.6) is 0 Å². The molecule has 0 bridgehead atoms. The molecular formula is C29H28N2O4. The average molecular weight is 469 g/mol. The largest absolute Gasteiger partial charge is 0.467 e. The lowest BCUT2D eigenvalue weighted by Gasteiger charge is -2.36. The van der Waals surface area contributed by atoms with Crippen molar-refractivity contribution in [2.24, 2.45) is 5.41 Å². The van der Waals surface area contributed by atoms with Gasteiger partial charge in [-0.3, -0.25) is 19.3 Å². The SMILES string of the molecule is CCC(=O)N1c2ccc(C(=O)c3ccccc3)cc2NC2=C(C(=O)CC(C)(C)C2)C1c1ccco1. The van der Waals surface area contributed by atoms with E-state index >= 15 is 0 Å². The number of fused-ring (bicyclic) bond motifs is 1. The Kier molecular flexibility index (Phi) is 5.67. The third kappa shape index (κ3) is 4.09. The lowest BCUT2D eigenvalue weighted by molar-refractivity contribution is -0.119. The number of allylic oxidation sites excluding steroid dienone is 1. The molecule has 0 saturated heterocycles. The highest BCUT2D eigenvalue weighted by atomic mass is 16.3. The van der Waals surface area contributed by atoms with Crippen LogP contribution in [0.4, 0.5) is 11.4 Å². The lowest BCUT2D eigenvalue weighted by atomic mass is 9.74. The van der Waals surface area contributed by atoms with Crippen molar-refractivity contribution in [1.82, 2.24) is 0 Å². The fraction of sp³-hybridized carbons (Fsp3) is 0.276. The molecule has 1 unspecified atom stereocenters. The second-order valence-corrected chi connectivity index (χ2v) is 9.92. The molecule has 0 radical (unpaired) electrons. The van der Waals surface area contributed by atoms with Gasteiger partial charge in [0.05, 0.1) is 17.6 Å². The van der Waals surface area contributed by atoms with E-state index in [4.69, 9.17) is 4.42 Å². The highest BCUT2D eigenvalue weighted by Crippen LogP contribution is 2.48. The van der Waals surface area contributed by atoms with Crippen molar-refractivity contribution >= 4 is 28.8 Å². The molecule has 1 atom stereocenters. The number of Topliss-reactive ketones (excluding diaryl/α,β-unsaturated/α-hetero) is 1. The summed E-state index contributed by atoms with van der Waals surface area (Å²) >= 11 is 0. The molecule has 1 aliphatic heterocycles.